The van der Waals surface area contributed by atoms with Crippen molar-refractivity contribution >= 4 is 15.8 Å². The zero-order chi connectivity index (χ0) is 12.2. The minimum Gasteiger partial charge on any atom is -0.465 e. The van der Waals surface area contributed by atoms with Gasteiger partial charge < -0.3 is 4.74 Å². The fourth-order valence-corrected chi connectivity index (χ4v) is 1.82. The second-order valence-corrected chi connectivity index (χ2v) is 4.76. The molecule has 1 heterocycles. The van der Waals surface area contributed by atoms with Crippen molar-refractivity contribution in [2.75, 3.05) is 13.0 Å². The molecular formula is C8H9N3O4S. The van der Waals surface area contributed by atoms with Crippen molar-refractivity contribution in [1.82, 2.24) is 4.98 Å². The van der Waals surface area contributed by atoms with Crippen LogP contribution in [0.25, 0.3) is 0 Å². The van der Waals surface area contributed by atoms with Gasteiger partial charge in [0.1, 0.15) is 0 Å². The Morgan fingerprint density at radius 1 is 1.56 bits per heavy atom. The monoisotopic (exact) mass is 243 g/mol. The summed E-state index contributed by atoms with van der Waals surface area (Å²) in [6.07, 6.45) is 2.29. The van der Waals surface area contributed by atoms with E-state index < -0.39 is 21.7 Å². The molecule has 0 saturated heterocycles. The largest absolute Gasteiger partial charge is 0.465 e. The fraction of sp³-hybridized carbons (Fsp3) is 0.250. The normalized spacial score (nSPS) is 10.8. The fourth-order valence-electron chi connectivity index (χ4n) is 0.978. The molecule has 7 nitrogen and oxygen atoms in total. The first kappa shape index (κ1) is 12.2. The highest BCUT2D eigenvalue weighted by atomic mass is 32.2. The Bertz CT molecular complexity index is 512. The van der Waals surface area contributed by atoms with Crippen LogP contribution in [-0.2, 0) is 14.6 Å². The number of sulfone groups is 1. The molecule has 0 saturated carbocycles. The average molecular weight is 243 g/mol. The van der Waals surface area contributed by atoms with Crippen LogP contribution in [-0.4, -0.2) is 32.4 Å². The van der Waals surface area contributed by atoms with Crippen molar-refractivity contribution in [1.29, 1.82) is 5.53 Å². The number of hydrogen-bond donors (Lipinski definition) is 1. The molecule has 0 spiro atoms. The molecule has 0 aliphatic carbocycles. The van der Waals surface area contributed by atoms with Gasteiger partial charge >= 0.3 is 5.97 Å². The number of carbonyl (C=O) groups excluding carboxylic acids is 1. The summed E-state index contributed by atoms with van der Waals surface area (Å²) in [5, 5.41) is 2.80. The Morgan fingerprint density at radius 2 is 2.25 bits per heavy atom. The quantitative estimate of drug-likeness (QED) is 0.616. The Kier molecular flexibility index (Phi) is 3.67. The molecule has 1 rings (SSSR count). The van der Waals surface area contributed by atoms with Gasteiger partial charge in [-0.1, -0.05) is 0 Å². The van der Waals surface area contributed by atoms with Crippen molar-refractivity contribution in [3.8, 4) is 0 Å². The highest BCUT2D eigenvalue weighted by Gasteiger charge is 2.16. The van der Waals surface area contributed by atoms with Gasteiger partial charge in [-0.15, -0.1) is 0 Å². The van der Waals surface area contributed by atoms with E-state index in [1.165, 1.54) is 13.3 Å². The first-order chi connectivity index (χ1) is 7.51. The molecule has 0 bridgehead atoms. The number of aromatic nitrogens is 1. The molecule has 0 aliphatic heterocycles. The third-order valence-electron chi connectivity index (χ3n) is 1.73. The molecule has 1 aromatic rings. The molecule has 1 aromatic heterocycles. The van der Waals surface area contributed by atoms with E-state index in [9.17, 15) is 13.2 Å². The Hall–Kier alpha value is -1.83. The van der Waals surface area contributed by atoms with Crippen LogP contribution < -0.4 is 0 Å². The lowest BCUT2D eigenvalue weighted by molar-refractivity contribution is 0.0600. The number of nitrogens with zero attached hydrogens (tertiary/aromatic N) is 2. The SMILES string of the molecule is COC(=O)c1cncc(S(=O)(=O)CN=N)c1. The van der Waals surface area contributed by atoms with E-state index in [0.717, 1.165) is 12.3 Å². The van der Waals surface area contributed by atoms with Crippen molar-refractivity contribution < 1.29 is 17.9 Å². The smallest absolute Gasteiger partial charge is 0.339 e. The van der Waals surface area contributed by atoms with Crippen LogP contribution in [0.15, 0.2) is 28.5 Å². The predicted octanol–water partition coefficient (Wildman–Crippen LogP) is 0.630. The number of nitrogens with one attached hydrogen (secondary N) is 1. The maximum atomic E-state index is 11.5. The van der Waals surface area contributed by atoms with E-state index in [4.69, 9.17) is 5.53 Å². The van der Waals surface area contributed by atoms with Gasteiger partial charge in [-0.2, -0.15) is 5.11 Å². The molecule has 0 aromatic carbocycles. The van der Waals surface area contributed by atoms with E-state index in [1.807, 2.05) is 0 Å². The lowest BCUT2D eigenvalue weighted by atomic mass is 10.3. The lowest BCUT2D eigenvalue weighted by Crippen LogP contribution is -2.08. The molecule has 0 amide bonds. The van der Waals surface area contributed by atoms with Crippen LogP contribution in [0, 0.1) is 5.53 Å². The third kappa shape index (κ3) is 2.60. The molecule has 0 atom stereocenters. The van der Waals surface area contributed by atoms with Crippen LogP contribution >= 0.6 is 0 Å². The van der Waals surface area contributed by atoms with Gasteiger partial charge in [0.2, 0.25) is 9.84 Å². The molecular weight excluding hydrogens is 234 g/mol. The van der Waals surface area contributed by atoms with Gasteiger partial charge in [-0.3, -0.25) is 4.98 Å². The maximum Gasteiger partial charge on any atom is 0.339 e. The zero-order valence-corrected chi connectivity index (χ0v) is 9.19. The van der Waals surface area contributed by atoms with Crippen LogP contribution in [0.5, 0.6) is 0 Å². The molecule has 0 aliphatic rings. The van der Waals surface area contributed by atoms with Gasteiger partial charge in [0.05, 0.1) is 17.6 Å². The van der Waals surface area contributed by atoms with Crippen LogP contribution in [0.4, 0.5) is 0 Å². The molecule has 0 fully saturated rings. The molecule has 8 heteroatoms. The van der Waals surface area contributed by atoms with E-state index >= 15 is 0 Å². The molecule has 1 N–H and O–H groups in total. The Morgan fingerprint density at radius 3 is 2.81 bits per heavy atom. The Labute approximate surface area is 91.9 Å². The molecule has 0 unspecified atom stereocenters. The first-order valence-corrected chi connectivity index (χ1v) is 5.76. The summed E-state index contributed by atoms with van der Waals surface area (Å²) in [4.78, 5) is 14.6. The maximum absolute atomic E-state index is 11.5. The van der Waals surface area contributed by atoms with Crippen LogP contribution in [0.2, 0.25) is 0 Å². The number of hydrogen-bond acceptors (Lipinski definition) is 7. The van der Waals surface area contributed by atoms with Gasteiger partial charge in [-0.25, -0.2) is 18.7 Å². The third-order valence-corrected chi connectivity index (χ3v) is 3.14. The number of ether oxygens (including phenoxy) is 1. The van der Waals surface area contributed by atoms with Gasteiger partial charge in [0.15, 0.2) is 5.88 Å². The van der Waals surface area contributed by atoms with Crippen molar-refractivity contribution in [3.05, 3.63) is 24.0 Å². The standard InChI is InChI=1S/C8H9N3O4S/c1-15-8(12)6-2-7(4-10-3-6)16(13,14)5-11-9/h2-4,9H,5H2,1H3. The second kappa shape index (κ2) is 4.79. The topological polar surface area (TPSA) is 110 Å². The van der Waals surface area contributed by atoms with Gasteiger partial charge in [0, 0.05) is 12.4 Å². The highest BCUT2D eigenvalue weighted by Crippen LogP contribution is 2.12. The van der Waals surface area contributed by atoms with Crippen LogP contribution in [0.1, 0.15) is 10.4 Å². The number of carbonyl (C=O) groups is 1. The number of pyridine rings is 1. The summed E-state index contributed by atoms with van der Waals surface area (Å²) in [7, 11) is -2.52. The van der Waals surface area contributed by atoms with Crippen LogP contribution in [0.3, 0.4) is 0 Å². The average Bonchev–Trinajstić information content (AvgIpc) is 2.28. The van der Waals surface area contributed by atoms with Gasteiger partial charge in [-0.05, 0) is 6.07 Å². The Balaban J connectivity index is 3.17. The van der Waals surface area contributed by atoms with Crippen molar-refractivity contribution in [2.24, 2.45) is 5.11 Å². The summed E-state index contributed by atoms with van der Waals surface area (Å²) < 4.78 is 27.4. The van der Waals surface area contributed by atoms with E-state index in [2.05, 4.69) is 14.8 Å². The van der Waals surface area contributed by atoms with E-state index in [1.54, 1.807) is 0 Å². The summed E-state index contributed by atoms with van der Waals surface area (Å²) >= 11 is 0. The lowest BCUT2D eigenvalue weighted by Gasteiger charge is -2.02. The van der Waals surface area contributed by atoms with Gasteiger partial charge in [0.25, 0.3) is 0 Å². The number of methoxy groups -OCH3 is 1. The summed E-state index contributed by atoms with van der Waals surface area (Å²) in [5.41, 5.74) is 6.55. The summed E-state index contributed by atoms with van der Waals surface area (Å²) in [6.45, 7) is 0. The molecule has 86 valence electrons. The summed E-state index contributed by atoms with van der Waals surface area (Å²) in [5.74, 6) is -1.34. The summed E-state index contributed by atoms with van der Waals surface area (Å²) in [6, 6.07) is 1.14. The number of rotatable bonds is 4. The van der Waals surface area contributed by atoms with E-state index in [-0.39, 0.29) is 10.5 Å². The van der Waals surface area contributed by atoms with Crippen molar-refractivity contribution in [2.45, 2.75) is 4.90 Å². The number of esters is 1. The minimum absolute atomic E-state index is 0.0357. The predicted molar refractivity (Wildman–Crippen MR) is 52.8 cm³/mol. The molecule has 0 radical (unpaired) electrons. The zero-order valence-electron chi connectivity index (χ0n) is 8.37. The highest BCUT2D eigenvalue weighted by molar-refractivity contribution is 7.91. The molecule has 16 heavy (non-hydrogen) atoms. The minimum atomic E-state index is -3.70. The first-order valence-electron chi connectivity index (χ1n) is 4.10. The van der Waals surface area contributed by atoms with E-state index in [0.29, 0.717) is 0 Å². The second-order valence-electron chi connectivity index (χ2n) is 2.80. The van der Waals surface area contributed by atoms with Crippen molar-refractivity contribution in [3.63, 3.8) is 0 Å².